The first-order valence-corrected chi connectivity index (χ1v) is 17.6. The number of rotatable bonds is 7. The fourth-order valence-electron chi connectivity index (χ4n) is 7.87. The number of nitrogens with one attached hydrogen (secondary N) is 1. The monoisotopic (exact) mass is 704 g/mol. The van der Waals surface area contributed by atoms with E-state index < -0.39 is 12.0 Å². The van der Waals surface area contributed by atoms with Crippen molar-refractivity contribution < 1.29 is 27.9 Å². The second-order valence-corrected chi connectivity index (χ2v) is 14.5. The summed E-state index contributed by atoms with van der Waals surface area (Å²) in [6.07, 6.45) is 1.03. The Morgan fingerprint density at radius 3 is 2.02 bits per heavy atom. The van der Waals surface area contributed by atoms with Crippen molar-refractivity contribution >= 4 is 29.0 Å². The number of fused-ring (bicyclic) bond motifs is 1. The number of hydrogen-bond donors (Lipinski definition) is 1. The van der Waals surface area contributed by atoms with Crippen LogP contribution in [0, 0.1) is 17.0 Å². The number of hydrogen-bond acceptors (Lipinski definition) is 7. The van der Waals surface area contributed by atoms with Gasteiger partial charge in [-0.2, -0.15) is 0 Å². The molecule has 2 heterocycles. The zero-order valence-corrected chi connectivity index (χ0v) is 29.6. The minimum Gasteiger partial charge on any atom is -0.465 e. The van der Waals surface area contributed by atoms with E-state index in [1.807, 2.05) is 46.2 Å². The molecule has 2 aliphatic heterocycles. The minimum absolute atomic E-state index is 0.00885. The molecule has 0 aromatic heterocycles. The van der Waals surface area contributed by atoms with Crippen molar-refractivity contribution in [2.75, 3.05) is 50.1 Å². The molecule has 0 spiro atoms. The Morgan fingerprint density at radius 1 is 0.827 bits per heavy atom. The lowest BCUT2D eigenvalue weighted by Crippen LogP contribution is -2.52. The summed E-state index contributed by atoms with van der Waals surface area (Å²) in [5.41, 5.74) is 5.76. The van der Waals surface area contributed by atoms with Gasteiger partial charge in [-0.1, -0.05) is 62.4 Å². The van der Waals surface area contributed by atoms with Gasteiger partial charge in [-0.05, 0) is 77.1 Å². The Labute approximate surface area is 302 Å². The lowest BCUT2D eigenvalue weighted by molar-refractivity contribution is -0.131. The molecule has 7 rings (SSSR count). The predicted octanol–water partition coefficient (Wildman–Crippen LogP) is 7.30. The predicted molar refractivity (Wildman–Crippen MR) is 196 cm³/mol. The number of esters is 1. The number of para-hydroxylation sites is 2. The molecule has 268 valence electrons. The van der Waals surface area contributed by atoms with E-state index in [0.717, 1.165) is 33.8 Å². The molecule has 1 fully saturated rings. The van der Waals surface area contributed by atoms with E-state index in [1.165, 1.54) is 31.4 Å². The van der Waals surface area contributed by atoms with Crippen molar-refractivity contribution in [1.82, 2.24) is 9.80 Å². The highest BCUT2D eigenvalue weighted by Crippen LogP contribution is 2.48. The van der Waals surface area contributed by atoms with Crippen molar-refractivity contribution in [2.45, 2.75) is 38.8 Å². The first-order chi connectivity index (χ1) is 25.0. The molecule has 0 saturated carbocycles. The van der Waals surface area contributed by atoms with E-state index >= 15 is 0 Å². The molecule has 1 N–H and O–H groups in total. The van der Waals surface area contributed by atoms with Crippen LogP contribution in [0.4, 0.5) is 20.2 Å². The average Bonchev–Trinajstić information content (AvgIpc) is 3.27. The molecule has 1 unspecified atom stereocenters. The Hall–Kier alpha value is -5.35. The van der Waals surface area contributed by atoms with Gasteiger partial charge in [0.15, 0.2) is 5.78 Å². The van der Waals surface area contributed by atoms with Gasteiger partial charge in [-0.25, -0.2) is 13.6 Å². The summed E-state index contributed by atoms with van der Waals surface area (Å²) in [7, 11) is 1.34. The van der Waals surface area contributed by atoms with Gasteiger partial charge in [0, 0.05) is 43.9 Å². The van der Waals surface area contributed by atoms with Crippen LogP contribution >= 0.6 is 0 Å². The fraction of sp³-hybridized carbons (Fsp3) is 0.310. The number of Topliss-reactive ketones (excluding diaryl/α,β-unsaturated/α-hetero) is 1. The molecule has 4 aromatic rings. The third-order valence-electron chi connectivity index (χ3n) is 10.4. The molecule has 1 saturated heterocycles. The summed E-state index contributed by atoms with van der Waals surface area (Å²) >= 11 is 0. The van der Waals surface area contributed by atoms with E-state index in [9.17, 15) is 23.2 Å². The standard InChI is InChI=1S/C42H42F2N4O4/c1-42(2)24-34-38(36(49)25-42)40(29-8-10-30(11-9-29)41(51)52-3)48(35-7-5-4-6-33(35)45-34)26-37(50)46-20-22-47(23-21-46)39(27-12-16-31(43)17-13-27)28-14-18-32(44)19-15-28/h4-19,39-40,45H,20-26H2,1-3H3. The second kappa shape index (κ2) is 14.3. The number of carbonyl (C=O) groups is 3. The van der Waals surface area contributed by atoms with Crippen LogP contribution in [0.1, 0.15) is 65.8 Å². The van der Waals surface area contributed by atoms with E-state index in [0.29, 0.717) is 50.2 Å². The summed E-state index contributed by atoms with van der Waals surface area (Å²) in [6.45, 7) is 6.18. The maximum Gasteiger partial charge on any atom is 0.337 e. The molecule has 0 bridgehead atoms. The van der Waals surface area contributed by atoms with Crippen molar-refractivity contribution in [1.29, 1.82) is 0 Å². The first-order valence-electron chi connectivity index (χ1n) is 17.6. The number of methoxy groups -OCH3 is 1. The van der Waals surface area contributed by atoms with Gasteiger partial charge < -0.3 is 19.9 Å². The summed E-state index contributed by atoms with van der Waals surface area (Å²) in [5, 5.41) is 3.59. The van der Waals surface area contributed by atoms with Gasteiger partial charge in [-0.15, -0.1) is 0 Å². The third kappa shape index (κ3) is 7.08. The van der Waals surface area contributed by atoms with Crippen LogP contribution in [0.3, 0.4) is 0 Å². The van der Waals surface area contributed by atoms with Crippen molar-refractivity contribution in [3.63, 3.8) is 0 Å². The van der Waals surface area contributed by atoms with Crippen LogP contribution in [0.2, 0.25) is 0 Å². The number of amides is 1. The molecule has 0 radical (unpaired) electrons. The molecule has 3 aliphatic rings. The topological polar surface area (TPSA) is 82.2 Å². The summed E-state index contributed by atoms with van der Waals surface area (Å²) < 4.78 is 32.7. The Morgan fingerprint density at radius 2 is 1.42 bits per heavy atom. The zero-order valence-electron chi connectivity index (χ0n) is 29.6. The highest BCUT2D eigenvalue weighted by atomic mass is 19.1. The number of allylic oxidation sites excluding steroid dienone is 1. The SMILES string of the molecule is COC(=O)c1ccc(C2C3=C(CC(C)(C)CC3=O)Nc3ccccc3N2CC(=O)N2CCN(C(c3ccc(F)cc3)c3ccc(F)cc3)CC2)cc1. The fourth-order valence-corrected chi connectivity index (χ4v) is 7.87. The van der Waals surface area contributed by atoms with E-state index in [4.69, 9.17) is 4.74 Å². The van der Waals surface area contributed by atoms with Gasteiger partial charge in [-0.3, -0.25) is 14.5 Å². The normalized spacial score (nSPS) is 18.7. The molecular formula is C42H42F2N4O4. The molecule has 1 aliphatic carbocycles. The number of ether oxygens (including phenoxy) is 1. The number of ketones is 1. The van der Waals surface area contributed by atoms with E-state index in [1.54, 1.807) is 36.4 Å². The van der Waals surface area contributed by atoms with Crippen molar-refractivity contribution in [3.8, 4) is 0 Å². The number of piperazine rings is 1. The number of benzene rings is 4. The largest absolute Gasteiger partial charge is 0.465 e. The average molecular weight is 705 g/mol. The third-order valence-corrected chi connectivity index (χ3v) is 10.4. The number of anilines is 2. The molecule has 10 heteroatoms. The molecule has 1 amide bonds. The highest BCUT2D eigenvalue weighted by Gasteiger charge is 2.42. The van der Waals surface area contributed by atoms with Gasteiger partial charge in [0.25, 0.3) is 0 Å². The summed E-state index contributed by atoms with van der Waals surface area (Å²) in [6, 6.07) is 26.7. The Balaban J connectivity index is 1.20. The maximum absolute atomic E-state index is 14.4. The van der Waals surface area contributed by atoms with Crippen molar-refractivity contribution in [3.05, 3.63) is 142 Å². The first kappa shape index (κ1) is 35.1. The lowest BCUT2D eigenvalue weighted by atomic mass is 9.73. The lowest BCUT2D eigenvalue weighted by Gasteiger charge is -2.41. The highest BCUT2D eigenvalue weighted by molar-refractivity contribution is 6.02. The van der Waals surface area contributed by atoms with Crippen LogP contribution in [0.5, 0.6) is 0 Å². The molecule has 4 aromatic carbocycles. The van der Waals surface area contributed by atoms with Crippen LogP contribution in [-0.2, 0) is 14.3 Å². The van der Waals surface area contributed by atoms with Gasteiger partial charge in [0.05, 0.1) is 42.7 Å². The van der Waals surface area contributed by atoms with Crippen LogP contribution in [-0.4, -0.2) is 67.3 Å². The number of nitrogens with zero attached hydrogens (tertiary/aromatic N) is 3. The molecular weight excluding hydrogens is 662 g/mol. The summed E-state index contributed by atoms with van der Waals surface area (Å²) in [4.78, 5) is 46.9. The van der Waals surface area contributed by atoms with Gasteiger partial charge in [0.2, 0.25) is 5.91 Å². The number of halogens is 2. The zero-order chi connectivity index (χ0) is 36.6. The van der Waals surface area contributed by atoms with Crippen LogP contribution in [0.25, 0.3) is 0 Å². The smallest absolute Gasteiger partial charge is 0.337 e. The molecule has 52 heavy (non-hydrogen) atoms. The van der Waals surface area contributed by atoms with Gasteiger partial charge >= 0.3 is 5.97 Å². The molecule has 1 atom stereocenters. The van der Waals surface area contributed by atoms with Crippen molar-refractivity contribution in [2.24, 2.45) is 5.41 Å². The summed E-state index contributed by atoms with van der Waals surface area (Å²) in [5.74, 6) is -1.18. The molecule has 8 nitrogen and oxygen atoms in total. The maximum atomic E-state index is 14.4. The van der Waals surface area contributed by atoms with Crippen LogP contribution in [0.15, 0.2) is 108 Å². The minimum atomic E-state index is -0.590. The Bertz CT molecular complexity index is 1960. The van der Waals surface area contributed by atoms with Gasteiger partial charge in [0.1, 0.15) is 11.6 Å². The second-order valence-electron chi connectivity index (χ2n) is 14.5. The quantitative estimate of drug-likeness (QED) is 0.202. The van der Waals surface area contributed by atoms with E-state index in [-0.39, 0.29) is 41.3 Å². The van der Waals surface area contributed by atoms with Crippen LogP contribution < -0.4 is 10.2 Å². The van der Waals surface area contributed by atoms with E-state index in [2.05, 4.69) is 24.1 Å². The number of carbonyl (C=O) groups excluding carboxylic acids is 3. The Kier molecular flexibility index (Phi) is 9.67.